The highest BCUT2D eigenvalue weighted by molar-refractivity contribution is 8.01. The maximum absolute atomic E-state index is 4.66. The highest BCUT2D eigenvalue weighted by atomic mass is 32.2. The van der Waals surface area contributed by atoms with Crippen molar-refractivity contribution in [2.45, 2.75) is 49.1 Å². The van der Waals surface area contributed by atoms with E-state index in [4.69, 9.17) is 0 Å². The lowest BCUT2D eigenvalue weighted by atomic mass is 10.3. The first-order chi connectivity index (χ1) is 9.54. The smallest absolute Gasteiger partial charge is 0.151 e. The molecule has 0 fully saturated rings. The van der Waals surface area contributed by atoms with Crippen molar-refractivity contribution in [3.8, 4) is 0 Å². The summed E-state index contributed by atoms with van der Waals surface area (Å²) in [5.41, 5.74) is 1.14. The molecular weight excluding hydrogens is 302 g/mol. The lowest BCUT2D eigenvalue weighted by molar-refractivity contribution is 0.766. The van der Waals surface area contributed by atoms with E-state index < -0.39 is 0 Å². The van der Waals surface area contributed by atoms with Gasteiger partial charge in [-0.2, -0.15) is 11.8 Å². The van der Waals surface area contributed by atoms with Crippen LogP contribution < -0.4 is 0 Å². The molecular formula is C16H23NS3. The molecule has 1 aromatic carbocycles. The Kier molecular flexibility index (Phi) is 6.24. The molecule has 0 atom stereocenters. The van der Waals surface area contributed by atoms with Crippen LogP contribution in [0, 0.1) is 0 Å². The van der Waals surface area contributed by atoms with Crippen molar-refractivity contribution < 1.29 is 0 Å². The van der Waals surface area contributed by atoms with Gasteiger partial charge in [-0.25, -0.2) is 4.98 Å². The van der Waals surface area contributed by atoms with Gasteiger partial charge >= 0.3 is 0 Å². The Hall–Kier alpha value is -0.190. The quantitative estimate of drug-likeness (QED) is 0.451. The Balaban J connectivity index is 1.61. The molecule has 20 heavy (non-hydrogen) atoms. The molecule has 0 saturated carbocycles. The summed E-state index contributed by atoms with van der Waals surface area (Å²) in [6.45, 7) is 6.88. The third-order valence-electron chi connectivity index (χ3n) is 2.82. The predicted octanol–water partition coefficient (Wildman–Crippen LogP) is 6.09. The predicted molar refractivity (Wildman–Crippen MR) is 96.4 cm³/mol. The van der Waals surface area contributed by atoms with Crippen LogP contribution in [0.1, 0.15) is 40.0 Å². The Morgan fingerprint density at radius 3 is 2.55 bits per heavy atom. The number of nitrogens with zero attached hydrogens (tertiary/aromatic N) is 1. The van der Waals surface area contributed by atoms with Crippen LogP contribution in [0.2, 0.25) is 0 Å². The molecule has 0 N–H and O–H groups in total. The van der Waals surface area contributed by atoms with Gasteiger partial charge in [-0.05, 0) is 30.7 Å². The van der Waals surface area contributed by atoms with Gasteiger partial charge in [0.2, 0.25) is 0 Å². The molecule has 4 heteroatoms. The monoisotopic (exact) mass is 325 g/mol. The first-order valence-corrected chi connectivity index (χ1v) is 9.96. The van der Waals surface area contributed by atoms with Crippen molar-refractivity contribution in [2.24, 2.45) is 0 Å². The number of para-hydroxylation sites is 1. The van der Waals surface area contributed by atoms with E-state index in [1.54, 1.807) is 0 Å². The summed E-state index contributed by atoms with van der Waals surface area (Å²) in [4.78, 5) is 4.66. The van der Waals surface area contributed by atoms with E-state index in [0.717, 1.165) is 5.52 Å². The number of aromatic nitrogens is 1. The van der Waals surface area contributed by atoms with Gasteiger partial charge in [0.25, 0.3) is 0 Å². The molecule has 0 spiro atoms. The van der Waals surface area contributed by atoms with Crippen LogP contribution >= 0.6 is 34.9 Å². The molecule has 0 saturated heterocycles. The minimum absolute atomic E-state index is 0.412. The van der Waals surface area contributed by atoms with Gasteiger partial charge in [-0.1, -0.05) is 51.1 Å². The maximum Gasteiger partial charge on any atom is 0.151 e. The van der Waals surface area contributed by atoms with Crippen LogP contribution in [-0.4, -0.2) is 21.2 Å². The van der Waals surface area contributed by atoms with Crippen LogP contribution in [0.5, 0.6) is 0 Å². The second-order valence-electron chi connectivity index (χ2n) is 5.82. The largest absolute Gasteiger partial charge is 0.230 e. The summed E-state index contributed by atoms with van der Waals surface area (Å²) < 4.78 is 2.93. The third-order valence-corrected chi connectivity index (χ3v) is 6.45. The third kappa shape index (κ3) is 5.66. The van der Waals surface area contributed by atoms with E-state index in [1.807, 2.05) is 23.1 Å². The highest BCUT2D eigenvalue weighted by Crippen LogP contribution is 2.30. The summed E-state index contributed by atoms with van der Waals surface area (Å²) in [5.74, 6) is 2.48. The number of hydrogen-bond acceptors (Lipinski definition) is 4. The van der Waals surface area contributed by atoms with Gasteiger partial charge < -0.3 is 0 Å². The van der Waals surface area contributed by atoms with Crippen LogP contribution in [0.3, 0.4) is 0 Å². The van der Waals surface area contributed by atoms with Crippen LogP contribution in [0.4, 0.5) is 0 Å². The molecule has 0 aliphatic rings. The summed E-state index contributed by atoms with van der Waals surface area (Å²) in [6, 6.07) is 8.39. The molecule has 0 amide bonds. The number of fused-ring (bicyclic) bond motifs is 1. The first-order valence-electron chi connectivity index (χ1n) is 7.17. The minimum Gasteiger partial charge on any atom is -0.230 e. The van der Waals surface area contributed by atoms with Gasteiger partial charge in [0.15, 0.2) is 4.34 Å². The van der Waals surface area contributed by atoms with Crippen molar-refractivity contribution in [3.05, 3.63) is 24.3 Å². The Morgan fingerprint density at radius 1 is 1.05 bits per heavy atom. The summed E-state index contributed by atoms with van der Waals surface area (Å²) in [6.07, 6.45) is 3.97. The first kappa shape index (κ1) is 16.2. The maximum atomic E-state index is 4.66. The van der Waals surface area contributed by atoms with E-state index in [2.05, 4.69) is 61.8 Å². The lowest BCUT2D eigenvalue weighted by Crippen LogP contribution is -2.08. The summed E-state index contributed by atoms with van der Waals surface area (Å²) in [5, 5.41) is 0. The SMILES string of the molecule is CC(C)(C)SCCCCCSc1nc2ccccc2s1. The van der Waals surface area contributed by atoms with E-state index in [-0.39, 0.29) is 0 Å². The Morgan fingerprint density at radius 2 is 1.80 bits per heavy atom. The van der Waals surface area contributed by atoms with Gasteiger partial charge in [0.1, 0.15) is 0 Å². The molecule has 0 bridgehead atoms. The van der Waals surface area contributed by atoms with Crippen LogP contribution in [0.25, 0.3) is 10.2 Å². The van der Waals surface area contributed by atoms with E-state index >= 15 is 0 Å². The number of unbranched alkanes of at least 4 members (excludes halogenated alkanes) is 2. The van der Waals surface area contributed by atoms with Gasteiger partial charge in [0, 0.05) is 10.5 Å². The van der Waals surface area contributed by atoms with Crippen molar-refractivity contribution in [1.82, 2.24) is 4.98 Å². The topological polar surface area (TPSA) is 12.9 Å². The number of hydrogen-bond donors (Lipinski definition) is 0. The molecule has 2 aromatic rings. The molecule has 0 aliphatic heterocycles. The van der Waals surface area contributed by atoms with Crippen molar-refractivity contribution in [3.63, 3.8) is 0 Å². The summed E-state index contributed by atoms with van der Waals surface area (Å²) in [7, 11) is 0. The fourth-order valence-corrected chi connectivity index (χ4v) is 4.93. The number of thiazole rings is 1. The second kappa shape index (κ2) is 7.71. The molecule has 0 aliphatic carbocycles. The molecule has 0 radical (unpaired) electrons. The van der Waals surface area contributed by atoms with Gasteiger partial charge in [-0.3, -0.25) is 0 Å². The van der Waals surface area contributed by atoms with Crippen molar-refractivity contribution >= 4 is 45.1 Å². The highest BCUT2D eigenvalue weighted by Gasteiger charge is 2.09. The van der Waals surface area contributed by atoms with Crippen molar-refractivity contribution in [1.29, 1.82) is 0 Å². The number of thioether (sulfide) groups is 2. The number of benzene rings is 1. The zero-order valence-electron chi connectivity index (χ0n) is 12.5. The van der Waals surface area contributed by atoms with E-state index in [0.29, 0.717) is 4.75 Å². The standard InChI is InChI=1S/C16H23NS3/c1-16(2,3)19-12-8-4-7-11-18-15-17-13-9-5-6-10-14(13)20-15/h5-6,9-10H,4,7-8,11-12H2,1-3H3. The normalized spacial score (nSPS) is 12.2. The molecule has 1 aromatic heterocycles. The van der Waals surface area contributed by atoms with E-state index in [9.17, 15) is 0 Å². The fraction of sp³-hybridized carbons (Fsp3) is 0.562. The van der Waals surface area contributed by atoms with E-state index in [1.165, 1.54) is 39.8 Å². The average molecular weight is 326 g/mol. The molecule has 110 valence electrons. The molecule has 1 heterocycles. The lowest BCUT2D eigenvalue weighted by Gasteiger charge is -2.17. The van der Waals surface area contributed by atoms with Gasteiger partial charge in [-0.15, -0.1) is 11.3 Å². The zero-order valence-corrected chi connectivity index (χ0v) is 15.0. The summed E-state index contributed by atoms with van der Waals surface area (Å²) >= 11 is 5.80. The second-order valence-corrected chi connectivity index (χ2v) is 10.1. The average Bonchev–Trinajstić information content (AvgIpc) is 2.79. The number of rotatable bonds is 7. The fourth-order valence-electron chi connectivity index (χ4n) is 1.83. The van der Waals surface area contributed by atoms with Crippen molar-refractivity contribution in [2.75, 3.05) is 11.5 Å². The Labute approximate surface area is 135 Å². The van der Waals surface area contributed by atoms with Crippen LogP contribution in [0.15, 0.2) is 28.6 Å². The Bertz CT molecular complexity index is 495. The zero-order chi connectivity index (χ0) is 14.4. The molecule has 2 rings (SSSR count). The minimum atomic E-state index is 0.412. The molecule has 1 nitrogen and oxygen atoms in total. The molecule has 0 unspecified atom stereocenters. The van der Waals surface area contributed by atoms with Crippen LogP contribution in [-0.2, 0) is 0 Å². The van der Waals surface area contributed by atoms with Gasteiger partial charge in [0.05, 0.1) is 10.2 Å².